The molecule has 1 aliphatic rings. The molecule has 2 rings (SSSR count). The highest BCUT2D eigenvalue weighted by atomic mass is 16.5. The number of aliphatic hydroxyl groups excluding tert-OH is 1. The van der Waals surface area contributed by atoms with Gasteiger partial charge in [0.05, 0.1) is 24.8 Å². The van der Waals surface area contributed by atoms with Gasteiger partial charge in [0.15, 0.2) is 0 Å². The minimum Gasteiger partial charge on any atom is -0.394 e. The molecule has 1 heterocycles. The van der Waals surface area contributed by atoms with Crippen molar-refractivity contribution in [2.45, 2.75) is 45.4 Å². The van der Waals surface area contributed by atoms with Gasteiger partial charge < -0.3 is 20.1 Å². The van der Waals surface area contributed by atoms with Gasteiger partial charge in [0.1, 0.15) is 5.82 Å². The topological polar surface area (TPSA) is 70.2 Å². The van der Waals surface area contributed by atoms with Gasteiger partial charge in [-0.05, 0) is 13.3 Å². The molecule has 102 valence electrons. The quantitative estimate of drug-likeness (QED) is 0.709. The van der Waals surface area contributed by atoms with Crippen molar-refractivity contribution in [3.8, 4) is 0 Å². The second-order valence-electron chi connectivity index (χ2n) is 5.50. The second-order valence-corrected chi connectivity index (χ2v) is 5.50. The van der Waals surface area contributed by atoms with Crippen molar-refractivity contribution < 1.29 is 9.84 Å². The molecule has 5 nitrogen and oxygen atoms in total. The van der Waals surface area contributed by atoms with E-state index in [0.717, 1.165) is 12.2 Å². The Morgan fingerprint density at radius 3 is 2.89 bits per heavy atom. The van der Waals surface area contributed by atoms with Crippen molar-refractivity contribution in [1.29, 1.82) is 0 Å². The molecule has 1 aromatic rings. The van der Waals surface area contributed by atoms with E-state index in [1.54, 1.807) is 12.4 Å². The van der Waals surface area contributed by atoms with Crippen molar-refractivity contribution in [1.82, 2.24) is 15.3 Å². The fourth-order valence-corrected chi connectivity index (χ4v) is 2.75. The minimum atomic E-state index is -0.278. The Morgan fingerprint density at radius 2 is 2.39 bits per heavy atom. The predicted octanol–water partition coefficient (Wildman–Crippen LogP) is 1.07. The van der Waals surface area contributed by atoms with E-state index in [2.05, 4.69) is 29.1 Å². The van der Waals surface area contributed by atoms with Crippen LogP contribution in [0.15, 0.2) is 12.4 Å². The molecule has 1 fully saturated rings. The van der Waals surface area contributed by atoms with Crippen LogP contribution < -0.4 is 5.32 Å². The summed E-state index contributed by atoms with van der Waals surface area (Å²) in [4.78, 5) is 7.24. The maximum atomic E-state index is 9.74. The first-order valence-electron chi connectivity index (χ1n) is 6.51. The molecule has 0 spiro atoms. The fourth-order valence-electron chi connectivity index (χ4n) is 2.75. The number of aromatic amines is 1. The maximum Gasteiger partial charge on any atom is 0.120 e. The molecule has 0 radical (unpaired) electrons. The monoisotopic (exact) mass is 253 g/mol. The van der Waals surface area contributed by atoms with E-state index in [0.29, 0.717) is 13.2 Å². The molecule has 5 heteroatoms. The van der Waals surface area contributed by atoms with Gasteiger partial charge >= 0.3 is 0 Å². The lowest BCUT2D eigenvalue weighted by atomic mass is 9.54. The fraction of sp³-hybridized carbons (Fsp3) is 0.769. The summed E-state index contributed by atoms with van der Waals surface area (Å²) in [6.07, 6.45) is 4.58. The highest BCUT2D eigenvalue weighted by molar-refractivity contribution is 5.15. The first-order chi connectivity index (χ1) is 8.55. The molecule has 2 atom stereocenters. The van der Waals surface area contributed by atoms with E-state index in [1.807, 2.05) is 6.92 Å². The Morgan fingerprint density at radius 1 is 1.61 bits per heavy atom. The summed E-state index contributed by atoms with van der Waals surface area (Å²) in [7, 11) is 0. The van der Waals surface area contributed by atoms with Crippen molar-refractivity contribution >= 4 is 0 Å². The van der Waals surface area contributed by atoms with Crippen LogP contribution in [0.25, 0.3) is 0 Å². The Hall–Kier alpha value is -0.910. The number of imidazole rings is 1. The number of rotatable bonds is 6. The van der Waals surface area contributed by atoms with Crippen molar-refractivity contribution in [3.63, 3.8) is 0 Å². The van der Waals surface area contributed by atoms with Crippen LogP contribution >= 0.6 is 0 Å². The van der Waals surface area contributed by atoms with Gasteiger partial charge in [0.25, 0.3) is 0 Å². The number of nitrogens with zero attached hydrogens (tertiary/aromatic N) is 1. The van der Waals surface area contributed by atoms with Gasteiger partial charge in [-0.25, -0.2) is 4.98 Å². The van der Waals surface area contributed by atoms with Crippen molar-refractivity contribution in [3.05, 3.63) is 18.2 Å². The number of hydrogen-bond donors (Lipinski definition) is 3. The number of hydrogen-bond acceptors (Lipinski definition) is 4. The average molecular weight is 253 g/mol. The van der Waals surface area contributed by atoms with Crippen LogP contribution in [0.5, 0.6) is 0 Å². The normalized spacial score (nSPS) is 30.1. The van der Waals surface area contributed by atoms with Crippen LogP contribution in [0.1, 0.15) is 33.0 Å². The summed E-state index contributed by atoms with van der Waals surface area (Å²) in [6.45, 7) is 7.75. The molecule has 0 aromatic carbocycles. The maximum absolute atomic E-state index is 9.74. The molecular formula is C13H23N3O2. The van der Waals surface area contributed by atoms with Gasteiger partial charge in [-0.3, -0.25) is 0 Å². The molecule has 1 saturated carbocycles. The van der Waals surface area contributed by atoms with Crippen molar-refractivity contribution in [2.24, 2.45) is 5.41 Å². The summed E-state index contributed by atoms with van der Waals surface area (Å²) in [5, 5.41) is 13.2. The van der Waals surface area contributed by atoms with Gasteiger partial charge in [-0.1, -0.05) is 13.8 Å². The van der Waals surface area contributed by atoms with E-state index >= 15 is 0 Å². The number of aliphatic hydroxyl groups is 1. The predicted molar refractivity (Wildman–Crippen MR) is 69.1 cm³/mol. The molecular weight excluding hydrogens is 230 g/mol. The third-order valence-corrected chi connectivity index (χ3v) is 4.36. The van der Waals surface area contributed by atoms with Gasteiger partial charge in [0, 0.05) is 24.4 Å². The van der Waals surface area contributed by atoms with E-state index < -0.39 is 0 Å². The van der Waals surface area contributed by atoms with Crippen LogP contribution in [-0.4, -0.2) is 39.9 Å². The molecule has 18 heavy (non-hydrogen) atoms. The summed E-state index contributed by atoms with van der Waals surface area (Å²) >= 11 is 0. The van der Waals surface area contributed by atoms with E-state index in [1.165, 1.54) is 0 Å². The van der Waals surface area contributed by atoms with Crippen LogP contribution in [-0.2, 0) is 11.3 Å². The average Bonchev–Trinajstić information content (AvgIpc) is 2.86. The second kappa shape index (κ2) is 4.99. The van der Waals surface area contributed by atoms with E-state index in [4.69, 9.17) is 4.74 Å². The van der Waals surface area contributed by atoms with Crippen LogP contribution in [0.4, 0.5) is 0 Å². The minimum absolute atomic E-state index is 0.0790. The number of aromatic nitrogens is 2. The van der Waals surface area contributed by atoms with Gasteiger partial charge in [-0.15, -0.1) is 0 Å². The highest BCUT2D eigenvalue weighted by Gasteiger charge is 2.60. The SMILES string of the molecule is CCOC1CC(CO)(NCc2ncc[nH]2)C1(C)C. The molecule has 3 N–H and O–H groups in total. The zero-order valence-corrected chi connectivity index (χ0v) is 11.4. The summed E-state index contributed by atoms with van der Waals surface area (Å²) < 4.78 is 5.71. The standard InChI is InChI=1S/C13H23N3O2/c1-4-18-10-7-13(9-17,12(10,2)3)16-8-11-14-5-6-15-11/h5-6,10,16-17H,4,7-9H2,1-3H3,(H,14,15). The lowest BCUT2D eigenvalue weighted by Gasteiger charge is -2.60. The molecule has 1 aromatic heterocycles. The first kappa shape index (κ1) is 13.5. The summed E-state index contributed by atoms with van der Waals surface area (Å²) in [5.74, 6) is 0.887. The van der Waals surface area contributed by atoms with Crippen molar-refractivity contribution in [2.75, 3.05) is 13.2 Å². The Kier molecular flexibility index (Phi) is 3.75. The molecule has 0 bridgehead atoms. The van der Waals surface area contributed by atoms with E-state index in [-0.39, 0.29) is 23.7 Å². The largest absolute Gasteiger partial charge is 0.394 e. The zero-order valence-electron chi connectivity index (χ0n) is 11.4. The van der Waals surface area contributed by atoms with Crippen LogP contribution in [0, 0.1) is 5.41 Å². The summed E-state index contributed by atoms with van der Waals surface area (Å²) in [6, 6.07) is 0. The third kappa shape index (κ3) is 2.06. The van der Waals surface area contributed by atoms with E-state index in [9.17, 15) is 5.11 Å². The molecule has 0 aliphatic heterocycles. The van der Waals surface area contributed by atoms with Gasteiger partial charge in [0.2, 0.25) is 0 Å². The van der Waals surface area contributed by atoms with Crippen LogP contribution in [0.3, 0.4) is 0 Å². The smallest absolute Gasteiger partial charge is 0.120 e. The Labute approximate surface area is 108 Å². The summed E-state index contributed by atoms with van der Waals surface area (Å²) in [5.41, 5.74) is -0.357. The number of H-pyrrole nitrogens is 1. The lowest BCUT2D eigenvalue weighted by molar-refractivity contribution is -0.178. The van der Waals surface area contributed by atoms with Gasteiger partial charge in [-0.2, -0.15) is 0 Å². The highest BCUT2D eigenvalue weighted by Crippen LogP contribution is 2.51. The molecule has 1 aliphatic carbocycles. The molecule has 0 amide bonds. The lowest BCUT2D eigenvalue weighted by Crippen LogP contribution is -2.73. The molecule has 0 saturated heterocycles. The number of nitrogens with one attached hydrogen (secondary N) is 2. The Balaban J connectivity index is 2.00. The number of ether oxygens (including phenoxy) is 1. The molecule has 2 unspecified atom stereocenters. The first-order valence-corrected chi connectivity index (χ1v) is 6.51. The Bertz CT molecular complexity index is 378. The zero-order chi connectivity index (χ0) is 13.2. The van der Waals surface area contributed by atoms with Crippen LogP contribution in [0.2, 0.25) is 0 Å². The third-order valence-electron chi connectivity index (χ3n) is 4.36.